The summed E-state index contributed by atoms with van der Waals surface area (Å²) in [6.07, 6.45) is -2.83. The average Bonchev–Trinajstić information content (AvgIpc) is 3.44. The number of ether oxygens (including phenoxy) is 2. The lowest BCUT2D eigenvalue weighted by Gasteiger charge is -2.35. The molecule has 0 saturated carbocycles. The number of hydrogen-bond acceptors (Lipinski definition) is 8. The van der Waals surface area contributed by atoms with Crippen molar-refractivity contribution in [1.29, 1.82) is 0 Å². The summed E-state index contributed by atoms with van der Waals surface area (Å²) in [5.41, 5.74) is 2.12. The Labute approximate surface area is 253 Å². The fourth-order valence-electron chi connectivity index (χ4n) is 7.22. The fraction of sp³-hybridized carbons (Fsp3) is 0.517. The molecule has 1 aromatic carbocycles. The van der Waals surface area contributed by atoms with Crippen LogP contribution in [0.3, 0.4) is 0 Å². The molecule has 7 rings (SSSR count). The Morgan fingerprint density at radius 2 is 2.02 bits per heavy atom. The summed E-state index contributed by atoms with van der Waals surface area (Å²) < 4.78 is 85.6. The number of rotatable bonds is 4. The zero-order valence-corrected chi connectivity index (χ0v) is 24.1. The number of nitrogen functional groups attached to an aromatic ring is 1. The van der Waals surface area contributed by atoms with Crippen LogP contribution in [0.4, 0.5) is 33.5 Å². The predicted octanol–water partition coefficient (Wildman–Crippen LogP) is 5.69. The van der Waals surface area contributed by atoms with Crippen LogP contribution in [-0.4, -0.2) is 76.5 Å². The Hall–Kier alpha value is -3.70. The maximum Gasteiger partial charge on any atom is 0.418 e. The van der Waals surface area contributed by atoms with Crippen molar-refractivity contribution in [2.45, 2.75) is 62.1 Å². The van der Waals surface area contributed by atoms with Crippen molar-refractivity contribution in [3.8, 4) is 23.1 Å². The van der Waals surface area contributed by atoms with Gasteiger partial charge in [-0.2, -0.15) is 23.1 Å². The molecular formula is C29H27ClF5N7O2. The van der Waals surface area contributed by atoms with Crippen molar-refractivity contribution in [1.82, 2.24) is 19.9 Å². The van der Waals surface area contributed by atoms with E-state index < -0.39 is 57.6 Å². The van der Waals surface area contributed by atoms with Crippen molar-refractivity contribution in [2.24, 2.45) is 0 Å². The molecule has 0 radical (unpaired) electrons. The van der Waals surface area contributed by atoms with Crippen LogP contribution in [0.1, 0.15) is 37.7 Å². The molecule has 4 aliphatic heterocycles. The first-order valence-corrected chi connectivity index (χ1v) is 14.7. The molecule has 4 aliphatic rings. The topological polar surface area (TPSA) is 94.0 Å². The quantitative estimate of drug-likeness (QED) is 0.222. The van der Waals surface area contributed by atoms with E-state index in [9.17, 15) is 17.6 Å². The molecule has 9 nitrogen and oxygen atoms in total. The Morgan fingerprint density at radius 1 is 1.20 bits per heavy atom. The number of anilines is 2. The molecule has 4 atom stereocenters. The molecule has 0 spiro atoms. The molecule has 2 unspecified atom stereocenters. The van der Waals surface area contributed by atoms with Crippen LogP contribution in [0, 0.1) is 12.4 Å². The molecule has 44 heavy (non-hydrogen) atoms. The molecule has 3 saturated heterocycles. The van der Waals surface area contributed by atoms with Gasteiger partial charge in [-0.1, -0.05) is 11.6 Å². The monoisotopic (exact) mass is 635 g/mol. The molecule has 2 aromatic heterocycles. The van der Waals surface area contributed by atoms with E-state index in [1.54, 1.807) is 0 Å². The van der Waals surface area contributed by atoms with Crippen LogP contribution in [0.25, 0.3) is 27.0 Å². The summed E-state index contributed by atoms with van der Waals surface area (Å²) >= 11 is 5.98. The van der Waals surface area contributed by atoms with Crippen LogP contribution in [0.15, 0.2) is 12.1 Å². The summed E-state index contributed by atoms with van der Waals surface area (Å²) in [7, 11) is 0. The van der Waals surface area contributed by atoms with Crippen molar-refractivity contribution >= 4 is 34.0 Å². The number of hydrogen-bond donors (Lipinski definition) is 1. The molecule has 2 N–H and O–H groups in total. The van der Waals surface area contributed by atoms with Crippen molar-refractivity contribution < 1.29 is 31.4 Å². The second-order valence-electron chi connectivity index (χ2n) is 11.8. The number of aromatic nitrogens is 3. The van der Waals surface area contributed by atoms with Gasteiger partial charge in [-0.3, -0.25) is 4.90 Å². The van der Waals surface area contributed by atoms with Gasteiger partial charge in [-0.25, -0.2) is 20.3 Å². The highest BCUT2D eigenvalue weighted by Crippen LogP contribution is 2.47. The summed E-state index contributed by atoms with van der Waals surface area (Å²) in [6.45, 7) is 9.25. The number of fused-ring (bicyclic) bond motifs is 3. The number of piperidine rings is 1. The van der Waals surface area contributed by atoms with Gasteiger partial charge in [0.05, 0.1) is 16.1 Å². The summed E-state index contributed by atoms with van der Waals surface area (Å²) in [6, 6.07) is 0.724. The second kappa shape index (κ2) is 10.4. The van der Waals surface area contributed by atoms with E-state index in [1.807, 2.05) is 9.80 Å². The molecule has 3 aromatic rings. The minimum Gasteiger partial charge on any atom is -0.475 e. The number of halogens is 6. The van der Waals surface area contributed by atoms with E-state index in [2.05, 4.69) is 19.8 Å². The summed E-state index contributed by atoms with van der Waals surface area (Å²) in [4.78, 5) is 20.8. The van der Waals surface area contributed by atoms with Crippen molar-refractivity contribution in [3.63, 3.8) is 0 Å². The highest BCUT2D eigenvalue weighted by atomic mass is 35.5. The summed E-state index contributed by atoms with van der Waals surface area (Å²) in [5.74, 6) is -1.14. The van der Waals surface area contributed by atoms with Crippen molar-refractivity contribution in [2.75, 3.05) is 43.5 Å². The summed E-state index contributed by atoms with van der Waals surface area (Å²) in [5, 5.41) is -0.659. The lowest BCUT2D eigenvalue weighted by atomic mass is 9.95. The minimum atomic E-state index is -4.96. The van der Waals surface area contributed by atoms with Crippen LogP contribution in [-0.2, 0) is 6.18 Å². The number of benzene rings is 1. The maximum atomic E-state index is 16.6. The van der Waals surface area contributed by atoms with Gasteiger partial charge in [0.1, 0.15) is 47.8 Å². The molecular weight excluding hydrogens is 609 g/mol. The Balaban J connectivity index is 1.42. The van der Waals surface area contributed by atoms with Crippen LogP contribution in [0.2, 0.25) is 5.02 Å². The Morgan fingerprint density at radius 3 is 2.80 bits per heavy atom. The SMILES string of the molecule is [C-]#[N+]C1CCCN2c3nc(OC[C@@]45CCCN4C[C@H](F)C5)nc4c(F)c(-c5cc(N)cc(Cl)c5C(F)(F)F)nc(c34)OCC12. The maximum absolute atomic E-state index is 16.6. The first-order chi connectivity index (χ1) is 21.0. The van der Waals surface area contributed by atoms with Gasteiger partial charge < -0.3 is 25.0 Å². The standard InChI is InChI=1S/C29H27ClF5N7O2/c1-37-18-4-2-7-42-19(18)12-43-26-20-24(22(32)23(38-26)16-8-15(36)9-17(30)21(16)29(33,34)35)39-27(40-25(20)42)44-13-28-5-3-6-41(28)11-14(31)10-28/h8-9,14,18-19H,2-7,10-13,36H2/t14-,18?,19?,28+/m1/s1. The van der Waals surface area contributed by atoms with Crippen LogP contribution >= 0.6 is 11.6 Å². The largest absolute Gasteiger partial charge is 0.475 e. The van der Waals surface area contributed by atoms with E-state index in [0.29, 0.717) is 32.4 Å². The third kappa shape index (κ3) is 4.63. The average molecular weight is 636 g/mol. The van der Waals surface area contributed by atoms with Gasteiger partial charge >= 0.3 is 12.2 Å². The van der Waals surface area contributed by atoms with Gasteiger partial charge in [0, 0.05) is 37.2 Å². The molecule has 3 fully saturated rings. The molecule has 0 bridgehead atoms. The van der Waals surface area contributed by atoms with Gasteiger partial charge in [0.25, 0.3) is 0 Å². The normalized spacial score (nSPS) is 26.6. The van der Waals surface area contributed by atoms with E-state index in [0.717, 1.165) is 25.1 Å². The molecule has 0 aliphatic carbocycles. The van der Waals surface area contributed by atoms with Crippen LogP contribution < -0.4 is 20.1 Å². The molecule has 15 heteroatoms. The van der Waals surface area contributed by atoms with Gasteiger partial charge in [0.15, 0.2) is 5.82 Å². The molecule has 0 amide bonds. The zero-order chi connectivity index (χ0) is 31.0. The lowest BCUT2D eigenvalue weighted by Crippen LogP contribution is -2.50. The van der Waals surface area contributed by atoms with Gasteiger partial charge in [0.2, 0.25) is 11.9 Å². The highest BCUT2D eigenvalue weighted by molar-refractivity contribution is 6.32. The predicted molar refractivity (Wildman–Crippen MR) is 152 cm³/mol. The van der Waals surface area contributed by atoms with E-state index in [-0.39, 0.29) is 53.9 Å². The van der Waals surface area contributed by atoms with Crippen molar-refractivity contribution in [3.05, 3.63) is 40.0 Å². The van der Waals surface area contributed by atoms with Gasteiger partial charge in [-0.15, -0.1) is 0 Å². The zero-order valence-electron chi connectivity index (χ0n) is 23.3. The first-order valence-electron chi connectivity index (χ1n) is 14.3. The fourth-order valence-corrected chi connectivity index (χ4v) is 7.56. The number of nitrogens with zero attached hydrogens (tertiary/aromatic N) is 6. The Kier molecular flexibility index (Phi) is 6.89. The van der Waals surface area contributed by atoms with E-state index in [4.69, 9.17) is 33.4 Å². The number of nitrogens with two attached hydrogens (primary N) is 1. The third-order valence-electron chi connectivity index (χ3n) is 9.17. The Bertz CT molecular complexity index is 1700. The first kappa shape index (κ1) is 29.0. The van der Waals surface area contributed by atoms with E-state index in [1.165, 1.54) is 0 Å². The lowest BCUT2D eigenvalue weighted by molar-refractivity contribution is -0.137. The molecule has 232 valence electrons. The van der Waals surface area contributed by atoms with E-state index >= 15 is 4.39 Å². The number of pyridine rings is 1. The van der Waals surface area contributed by atoms with Gasteiger partial charge in [-0.05, 0) is 37.9 Å². The molecule has 6 heterocycles. The smallest absolute Gasteiger partial charge is 0.418 e. The van der Waals surface area contributed by atoms with Crippen LogP contribution in [0.5, 0.6) is 11.9 Å². The second-order valence-corrected chi connectivity index (χ2v) is 12.2. The minimum absolute atomic E-state index is 0.0352. The third-order valence-corrected chi connectivity index (χ3v) is 9.46. The highest BCUT2D eigenvalue weighted by Gasteiger charge is 2.50. The number of alkyl halides is 4.